The van der Waals surface area contributed by atoms with Crippen molar-refractivity contribution < 1.29 is 12.8 Å². The SMILES string of the molecule is CS(=O)(=O)c1ccccc1-c1ccc(-n2cnc3c(C#N)nn(-c4ccccc4CN)c3c2=O)c(F)c1. The van der Waals surface area contributed by atoms with E-state index in [1.54, 1.807) is 42.5 Å². The highest BCUT2D eigenvalue weighted by Gasteiger charge is 2.21. The Morgan fingerprint density at radius 1 is 1.05 bits per heavy atom. The van der Waals surface area contributed by atoms with Crippen LogP contribution in [0.25, 0.3) is 33.5 Å². The molecule has 0 saturated carbocycles. The molecular formula is C26H19FN6O3S. The third-order valence-electron chi connectivity index (χ3n) is 5.93. The van der Waals surface area contributed by atoms with Crippen LogP contribution in [-0.4, -0.2) is 34.0 Å². The Hall–Kier alpha value is -4.66. The molecule has 0 aliphatic carbocycles. The standard InChI is InChI=1S/C26H19FN6O3S/c1-37(35,36)23-9-5-3-7-18(23)16-10-11-22(19(27)12-16)32-15-30-24-20(14-29)31-33(25(24)26(32)34)21-8-4-2-6-17(21)13-28/h2-12,15H,13,28H2,1H3. The summed E-state index contributed by atoms with van der Waals surface area (Å²) in [6.45, 7) is 0.166. The number of hydrogen-bond donors (Lipinski definition) is 1. The molecule has 0 radical (unpaired) electrons. The molecule has 0 unspecified atom stereocenters. The highest BCUT2D eigenvalue weighted by Crippen LogP contribution is 2.29. The summed E-state index contributed by atoms with van der Waals surface area (Å²) in [5, 5.41) is 13.8. The van der Waals surface area contributed by atoms with Gasteiger partial charge in [-0.2, -0.15) is 10.4 Å². The smallest absolute Gasteiger partial charge is 0.284 e. The van der Waals surface area contributed by atoms with E-state index in [4.69, 9.17) is 5.73 Å². The highest BCUT2D eigenvalue weighted by molar-refractivity contribution is 7.90. The average molecular weight is 515 g/mol. The van der Waals surface area contributed by atoms with Crippen LogP contribution in [0, 0.1) is 17.1 Å². The lowest BCUT2D eigenvalue weighted by molar-refractivity contribution is 0.602. The van der Waals surface area contributed by atoms with Gasteiger partial charge in [-0.25, -0.2) is 22.5 Å². The zero-order valence-electron chi connectivity index (χ0n) is 19.5. The van der Waals surface area contributed by atoms with E-state index in [1.807, 2.05) is 6.07 Å². The topological polar surface area (TPSA) is 137 Å². The van der Waals surface area contributed by atoms with Crippen LogP contribution >= 0.6 is 0 Å². The number of hydrogen-bond acceptors (Lipinski definition) is 7. The molecule has 9 nitrogen and oxygen atoms in total. The molecule has 0 atom stereocenters. The Bertz CT molecular complexity index is 1900. The molecule has 0 saturated heterocycles. The lowest BCUT2D eigenvalue weighted by Crippen LogP contribution is -2.22. The molecule has 0 fully saturated rings. The minimum absolute atomic E-state index is 0.00847. The number of fused-ring (bicyclic) bond motifs is 1. The van der Waals surface area contributed by atoms with E-state index >= 15 is 4.39 Å². The van der Waals surface area contributed by atoms with E-state index in [1.165, 1.54) is 22.9 Å². The molecule has 3 aromatic carbocycles. The summed E-state index contributed by atoms with van der Waals surface area (Å²) in [4.78, 5) is 17.9. The average Bonchev–Trinajstić information content (AvgIpc) is 3.28. The number of nitriles is 1. The van der Waals surface area contributed by atoms with Crippen molar-refractivity contribution in [2.45, 2.75) is 11.4 Å². The largest absolute Gasteiger partial charge is 0.326 e. The zero-order valence-corrected chi connectivity index (χ0v) is 20.3. The van der Waals surface area contributed by atoms with E-state index in [-0.39, 0.29) is 33.9 Å². The van der Waals surface area contributed by atoms with Gasteiger partial charge in [-0.05, 0) is 35.4 Å². The first-order chi connectivity index (χ1) is 17.7. The number of nitrogens with two attached hydrogens (primary N) is 1. The van der Waals surface area contributed by atoms with Crippen molar-refractivity contribution in [1.29, 1.82) is 5.26 Å². The van der Waals surface area contributed by atoms with Crippen molar-refractivity contribution in [1.82, 2.24) is 19.3 Å². The number of benzene rings is 3. The molecule has 0 aliphatic rings. The van der Waals surface area contributed by atoms with Gasteiger partial charge in [0.1, 0.15) is 23.7 Å². The minimum Gasteiger partial charge on any atom is -0.326 e. The fourth-order valence-corrected chi connectivity index (χ4v) is 5.13. The Balaban J connectivity index is 1.71. The minimum atomic E-state index is -3.56. The van der Waals surface area contributed by atoms with Crippen molar-refractivity contribution in [2.24, 2.45) is 5.73 Å². The molecule has 0 spiro atoms. The first-order valence-corrected chi connectivity index (χ1v) is 12.9. The number of sulfone groups is 1. The van der Waals surface area contributed by atoms with Crippen molar-refractivity contribution in [2.75, 3.05) is 6.26 Å². The molecule has 2 heterocycles. The molecule has 11 heteroatoms. The van der Waals surface area contributed by atoms with Crippen molar-refractivity contribution >= 4 is 20.9 Å². The van der Waals surface area contributed by atoms with Crippen molar-refractivity contribution in [3.8, 4) is 28.6 Å². The summed E-state index contributed by atoms with van der Waals surface area (Å²) in [5.74, 6) is -0.766. The second-order valence-corrected chi connectivity index (χ2v) is 10.2. The Kier molecular flexibility index (Phi) is 5.91. The van der Waals surface area contributed by atoms with Crippen LogP contribution in [0.5, 0.6) is 0 Å². The van der Waals surface area contributed by atoms with Crippen LogP contribution in [0.3, 0.4) is 0 Å². The van der Waals surface area contributed by atoms with Gasteiger partial charge in [0, 0.05) is 18.4 Å². The molecule has 184 valence electrons. The van der Waals surface area contributed by atoms with Gasteiger partial charge in [0.15, 0.2) is 21.0 Å². The maximum atomic E-state index is 15.4. The first kappa shape index (κ1) is 24.1. The van der Waals surface area contributed by atoms with Crippen LogP contribution in [0.1, 0.15) is 11.3 Å². The summed E-state index contributed by atoms with van der Waals surface area (Å²) < 4.78 is 42.1. The number of aromatic nitrogens is 4. The molecule has 2 N–H and O–H groups in total. The van der Waals surface area contributed by atoms with Gasteiger partial charge in [0.05, 0.1) is 16.3 Å². The maximum absolute atomic E-state index is 15.4. The van der Waals surface area contributed by atoms with Gasteiger partial charge in [0.25, 0.3) is 5.56 Å². The van der Waals surface area contributed by atoms with E-state index in [0.717, 1.165) is 23.2 Å². The van der Waals surface area contributed by atoms with E-state index in [0.29, 0.717) is 22.4 Å². The van der Waals surface area contributed by atoms with Gasteiger partial charge in [-0.3, -0.25) is 9.36 Å². The third-order valence-corrected chi connectivity index (χ3v) is 7.09. The number of nitrogens with zero attached hydrogens (tertiary/aromatic N) is 5. The second kappa shape index (κ2) is 9.09. The number of rotatable bonds is 5. The highest BCUT2D eigenvalue weighted by atomic mass is 32.2. The second-order valence-electron chi connectivity index (χ2n) is 8.26. The summed E-state index contributed by atoms with van der Waals surface area (Å²) in [6, 6.07) is 19.3. The molecule has 37 heavy (non-hydrogen) atoms. The van der Waals surface area contributed by atoms with Gasteiger partial charge in [-0.1, -0.05) is 42.5 Å². The number of para-hydroxylation sites is 1. The van der Waals surface area contributed by atoms with Crippen LogP contribution in [0.4, 0.5) is 4.39 Å². The van der Waals surface area contributed by atoms with E-state index in [2.05, 4.69) is 10.1 Å². The normalized spacial score (nSPS) is 11.5. The first-order valence-electron chi connectivity index (χ1n) is 11.0. The Morgan fingerprint density at radius 3 is 2.49 bits per heavy atom. The van der Waals surface area contributed by atoms with E-state index < -0.39 is 21.2 Å². The third kappa shape index (κ3) is 4.08. The molecule has 0 amide bonds. The number of halogens is 1. The van der Waals surface area contributed by atoms with Gasteiger partial charge >= 0.3 is 0 Å². The lowest BCUT2D eigenvalue weighted by atomic mass is 10.0. The lowest BCUT2D eigenvalue weighted by Gasteiger charge is -2.12. The van der Waals surface area contributed by atoms with Gasteiger partial charge < -0.3 is 5.73 Å². The fraction of sp³-hybridized carbons (Fsp3) is 0.0769. The Morgan fingerprint density at radius 2 is 1.78 bits per heavy atom. The van der Waals surface area contributed by atoms with Crippen LogP contribution in [-0.2, 0) is 16.4 Å². The van der Waals surface area contributed by atoms with Crippen molar-refractivity contribution in [3.63, 3.8) is 0 Å². The van der Waals surface area contributed by atoms with Crippen LogP contribution in [0.2, 0.25) is 0 Å². The Labute approximate surface area is 210 Å². The summed E-state index contributed by atoms with van der Waals surface area (Å²) in [6.07, 6.45) is 2.22. The molecule has 2 aromatic heterocycles. The summed E-state index contributed by atoms with van der Waals surface area (Å²) in [5.41, 5.74) is 6.99. The quantitative estimate of drug-likeness (QED) is 0.380. The van der Waals surface area contributed by atoms with E-state index in [9.17, 15) is 18.5 Å². The molecule has 0 bridgehead atoms. The van der Waals surface area contributed by atoms with Crippen LogP contribution < -0.4 is 11.3 Å². The van der Waals surface area contributed by atoms with Crippen molar-refractivity contribution in [3.05, 3.63) is 100 Å². The molecular weight excluding hydrogens is 495 g/mol. The predicted octanol–water partition coefficient (Wildman–Crippen LogP) is 3.11. The maximum Gasteiger partial charge on any atom is 0.284 e. The summed E-state index contributed by atoms with van der Waals surface area (Å²) >= 11 is 0. The molecule has 5 rings (SSSR count). The van der Waals surface area contributed by atoms with Crippen LogP contribution in [0.15, 0.2) is 82.7 Å². The zero-order chi connectivity index (χ0) is 26.3. The molecule has 5 aromatic rings. The fourth-order valence-electron chi connectivity index (χ4n) is 4.22. The van der Waals surface area contributed by atoms with Gasteiger partial charge in [0.2, 0.25) is 0 Å². The van der Waals surface area contributed by atoms with Gasteiger partial charge in [-0.15, -0.1) is 0 Å². The monoisotopic (exact) mass is 514 g/mol. The summed E-state index contributed by atoms with van der Waals surface area (Å²) in [7, 11) is -3.56. The molecule has 0 aliphatic heterocycles. The predicted molar refractivity (Wildman–Crippen MR) is 136 cm³/mol.